The van der Waals surface area contributed by atoms with Gasteiger partial charge in [0.05, 0.1) is 10.4 Å². The van der Waals surface area contributed by atoms with Crippen LogP contribution in [0.5, 0.6) is 0 Å². The fourth-order valence-corrected chi connectivity index (χ4v) is 1.89. The van der Waals surface area contributed by atoms with Crippen molar-refractivity contribution in [2.24, 2.45) is 11.1 Å². The largest absolute Gasteiger partial charge is 0.392 e. The van der Waals surface area contributed by atoms with Crippen LogP contribution in [0.3, 0.4) is 0 Å². The van der Waals surface area contributed by atoms with Crippen molar-refractivity contribution >= 4 is 29.0 Å². The first-order valence-corrected chi connectivity index (χ1v) is 6.42. The Hall–Kier alpha value is -1.17. The number of carbonyl (C=O) groups is 2. The third-order valence-corrected chi connectivity index (χ3v) is 3.29. The quantitative estimate of drug-likeness (QED) is 0.649. The summed E-state index contributed by atoms with van der Waals surface area (Å²) in [6.07, 6.45) is 1.34. The van der Waals surface area contributed by atoms with Crippen molar-refractivity contribution in [1.82, 2.24) is 10.6 Å². The van der Waals surface area contributed by atoms with E-state index in [9.17, 15) is 9.59 Å². The summed E-state index contributed by atoms with van der Waals surface area (Å²) >= 11 is 4.89. The molecule has 5 nitrogen and oxygen atoms in total. The molecule has 4 N–H and O–H groups in total. The SMILES string of the molecule is CC(NC(=O)C1(C(N)=S)CC1)C(=O)NC(C)(C)C. The summed E-state index contributed by atoms with van der Waals surface area (Å²) < 4.78 is 0. The lowest BCUT2D eigenvalue weighted by molar-refractivity contribution is -0.130. The molecule has 0 aromatic carbocycles. The van der Waals surface area contributed by atoms with E-state index >= 15 is 0 Å². The van der Waals surface area contributed by atoms with E-state index in [0.29, 0.717) is 12.8 Å². The van der Waals surface area contributed by atoms with Crippen LogP contribution in [0.15, 0.2) is 0 Å². The minimum atomic E-state index is -0.717. The Morgan fingerprint density at radius 1 is 1.33 bits per heavy atom. The minimum absolute atomic E-state index is 0.212. The van der Waals surface area contributed by atoms with Crippen molar-refractivity contribution in [3.8, 4) is 0 Å². The standard InChI is InChI=1S/C12H21N3O2S/c1-7(8(16)15-11(2,3)4)14-10(17)12(5-6-12)9(13)18/h7H,5-6H2,1-4H3,(H2,13,18)(H,14,17)(H,15,16). The van der Waals surface area contributed by atoms with Crippen LogP contribution < -0.4 is 16.4 Å². The summed E-state index contributed by atoms with van der Waals surface area (Å²) in [5, 5.41) is 5.48. The maximum atomic E-state index is 12.0. The molecule has 1 atom stereocenters. The van der Waals surface area contributed by atoms with Crippen molar-refractivity contribution in [2.45, 2.75) is 52.1 Å². The molecule has 1 aliphatic carbocycles. The maximum Gasteiger partial charge on any atom is 0.242 e. The van der Waals surface area contributed by atoms with Gasteiger partial charge >= 0.3 is 0 Å². The van der Waals surface area contributed by atoms with Gasteiger partial charge in [0.1, 0.15) is 6.04 Å². The number of thiocarbonyl (C=S) groups is 1. The zero-order chi connectivity index (χ0) is 14.1. The van der Waals surface area contributed by atoms with E-state index in [1.54, 1.807) is 6.92 Å². The van der Waals surface area contributed by atoms with Crippen LogP contribution in [-0.2, 0) is 9.59 Å². The van der Waals surface area contributed by atoms with E-state index in [2.05, 4.69) is 10.6 Å². The summed E-state index contributed by atoms with van der Waals surface area (Å²) in [6.45, 7) is 7.30. The molecule has 1 rings (SSSR count). The van der Waals surface area contributed by atoms with Crippen LogP contribution in [0.1, 0.15) is 40.5 Å². The molecule has 0 aliphatic heterocycles. The van der Waals surface area contributed by atoms with E-state index in [4.69, 9.17) is 18.0 Å². The zero-order valence-electron chi connectivity index (χ0n) is 11.3. The monoisotopic (exact) mass is 271 g/mol. The lowest BCUT2D eigenvalue weighted by Crippen LogP contribution is -2.53. The Morgan fingerprint density at radius 3 is 2.17 bits per heavy atom. The van der Waals surface area contributed by atoms with Gasteiger partial charge in [0.2, 0.25) is 11.8 Å². The topological polar surface area (TPSA) is 84.2 Å². The highest BCUT2D eigenvalue weighted by Gasteiger charge is 2.53. The van der Waals surface area contributed by atoms with Gasteiger partial charge in [0.15, 0.2) is 0 Å². The molecule has 2 amide bonds. The van der Waals surface area contributed by atoms with Crippen molar-refractivity contribution in [3.05, 3.63) is 0 Å². The molecular weight excluding hydrogens is 250 g/mol. The predicted octanol–water partition coefficient (Wildman–Crippen LogP) is 0.472. The third kappa shape index (κ3) is 3.41. The average Bonchev–Trinajstić information content (AvgIpc) is 2.94. The van der Waals surface area contributed by atoms with Crippen molar-refractivity contribution in [2.75, 3.05) is 0 Å². The second-order valence-corrected chi connectivity index (χ2v) is 6.32. The minimum Gasteiger partial charge on any atom is -0.392 e. The van der Waals surface area contributed by atoms with Crippen molar-refractivity contribution in [3.63, 3.8) is 0 Å². The number of nitrogens with one attached hydrogen (secondary N) is 2. The van der Waals surface area contributed by atoms with Gasteiger partial charge in [0.25, 0.3) is 0 Å². The predicted molar refractivity (Wildman–Crippen MR) is 74.0 cm³/mol. The van der Waals surface area contributed by atoms with Gasteiger partial charge in [-0.2, -0.15) is 0 Å². The summed E-state index contributed by atoms with van der Waals surface area (Å²) in [5.41, 5.74) is 4.52. The Kier molecular flexibility index (Phi) is 4.00. The second-order valence-electron chi connectivity index (χ2n) is 5.88. The smallest absolute Gasteiger partial charge is 0.242 e. The van der Waals surface area contributed by atoms with Gasteiger partial charge in [-0.15, -0.1) is 0 Å². The maximum absolute atomic E-state index is 12.0. The molecule has 0 heterocycles. The Labute approximate surface area is 113 Å². The van der Waals surface area contributed by atoms with Gasteiger partial charge in [-0.25, -0.2) is 0 Å². The first-order chi connectivity index (χ1) is 8.08. The number of nitrogens with two attached hydrogens (primary N) is 1. The molecule has 0 bridgehead atoms. The zero-order valence-corrected chi connectivity index (χ0v) is 12.1. The van der Waals surface area contributed by atoms with Crippen LogP contribution in [0.25, 0.3) is 0 Å². The highest BCUT2D eigenvalue weighted by molar-refractivity contribution is 7.80. The highest BCUT2D eigenvalue weighted by Crippen LogP contribution is 2.46. The highest BCUT2D eigenvalue weighted by atomic mass is 32.1. The molecule has 1 fully saturated rings. The molecule has 1 unspecified atom stereocenters. The molecular formula is C12H21N3O2S. The first kappa shape index (κ1) is 14.9. The van der Waals surface area contributed by atoms with Gasteiger partial charge in [-0.05, 0) is 40.5 Å². The number of hydrogen-bond acceptors (Lipinski definition) is 3. The normalized spacial score (nSPS) is 18.7. The molecule has 0 spiro atoms. The second kappa shape index (κ2) is 4.84. The molecule has 0 aromatic rings. The van der Waals surface area contributed by atoms with Crippen LogP contribution in [0.2, 0.25) is 0 Å². The van der Waals surface area contributed by atoms with Gasteiger partial charge in [0, 0.05) is 5.54 Å². The number of carbonyl (C=O) groups excluding carboxylic acids is 2. The summed E-state index contributed by atoms with van der Waals surface area (Å²) in [5.74, 6) is -0.457. The van der Waals surface area contributed by atoms with Gasteiger partial charge in [-0.3, -0.25) is 9.59 Å². The van der Waals surface area contributed by atoms with E-state index in [1.165, 1.54) is 0 Å². The van der Waals surface area contributed by atoms with E-state index in [0.717, 1.165) is 0 Å². The lowest BCUT2D eigenvalue weighted by atomic mass is 10.1. The van der Waals surface area contributed by atoms with Gasteiger partial charge < -0.3 is 16.4 Å². The van der Waals surface area contributed by atoms with Crippen LogP contribution in [0.4, 0.5) is 0 Å². The van der Waals surface area contributed by atoms with Crippen molar-refractivity contribution in [1.29, 1.82) is 0 Å². The molecule has 1 aliphatic rings. The average molecular weight is 271 g/mol. The van der Waals surface area contributed by atoms with Crippen LogP contribution >= 0.6 is 12.2 Å². The molecule has 1 saturated carbocycles. The summed E-state index contributed by atoms with van der Waals surface area (Å²) in [7, 11) is 0. The van der Waals surface area contributed by atoms with E-state index in [-0.39, 0.29) is 22.3 Å². The number of amides is 2. The Balaban J connectivity index is 2.55. The molecule has 0 aromatic heterocycles. The Bertz CT molecular complexity index is 383. The molecule has 102 valence electrons. The van der Waals surface area contributed by atoms with Crippen LogP contribution in [-0.4, -0.2) is 28.4 Å². The number of hydrogen-bond donors (Lipinski definition) is 3. The Morgan fingerprint density at radius 2 is 1.83 bits per heavy atom. The third-order valence-electron chi connectivity index (χ3n) is 2.90. The van der Waals surface area contributed by atoms with Gasteiger partial charge in [-0.1, -0.05) is 12.2 Å². The van der Waals surface area contributed by atoms with E-state index < -0.39 is 11.5 Å². The number of rotatable bonds is 4. The molecule has 18 heavy (non-hydrogen) atoms. The van der Waals surface area contributed by atoms with Crippen molar-refractivity contribution < 1.29 is 9.59 Å². The molecule has 0 saturated heterocycles. The van der Waals surface area contributed by atoms with E-state index in [1.807, 2.05) is 20.8 Å². The first-order valence-electron chi connectivity index (χ1n) is 6.01. The fraction of sp³-hybridized carbons (Fsp3) is 0.750. The molecule has 6 heteroatoms. The summed E-state index contributed by atoms with van der Waals surface area (Å²) in [6, 6.07) is -0.594. The fourth-order valence-electron chi connectivity index (χ4n) is 1.59. The summed E-state index contributed by atoms with van der Waals surface area (Å²) in [4.78, 5) is 24.0. The van der Waals surface area contributed by atoms with Crippen LogP contribution in [0, 0.1) is 5.41 Å². The lowest BCUT2D eigenvalue weighted by Gasteiger charge is -2.24. The molecule has 0 radical (unpaired) electrons.